The number of fused-ring (bicyclic) bond motifs is 2. The summed E-state index contributed by atoms with van der Waals surface area (Å²) in [4.78, 5) is 12.2. The number of ether oxygens (including phenoxy) is 3. The highest BCUT2D eigenvalue weighted by molar-refractivity contribution is 6.02. The van der Waals surface area contributed by atoms with Crippen molar-refractivity contribution >= 4 is 22.9 Å². The largest absolute Gasteiger partial charge is 0.496 e. The maximum absolute atomic E-state index is 12.2. The molecule has 1 amide bonds. The lowest BCUT2D eigenvalue weighted by molar-refractivity contribution is -0.120. The van der Waals surface area contributed by atoms with Crippen LogP contribution in [0.25, 0.3) is 10.8 Å². The summed E-state index contributed by atoms with van der Waals surface area (Å²) in [6.45, 7) is 0.210. The van der Waals surface area contributed by atoms with Gasteiger partial charge < -0.3 is 14.2 Å². The van der Waals surface area contributed by atoms with Crippen LogP contribution in [-0.4, -0.2) is 26.0 Å². The molecule has 0 fully saturated rings. The van der Waals surface area contributed by atoms with Crippen LogP contribution in [0.5, 0.6) is 17.2 Å². The second-order valence-corrected chi connectivity index (χ2v) is 6.06. The van der Waals surface area contributed by atoms with Crippen molar-refractivity contribution in [1.29, 1.82) is 0 Å². The van der Waals surface area contributed by atoms with Gasteiger partial charge in [0.05, 0.1) is 19.7 Å². The highest BCUT2D eigenvalue weighted by Gasteiger charge is 2.14. The molecule has 0 saturated heterocycles. The van der Waals surface area contributed by atoms with Gasteiger partial charge in [0.2, 0.25) is 12.7 Å². The lowest BCUT2D eigenvalue weighted by Gasteiger charge is -2.08. The molecular formula is C21H18N2O4. The summed E-state index contributed by atoms with van der Waals surface area (Å²) in [7, 11) is 1.61. The third-order valence-electron chi connectivity index (χ3n) is 4.34. The van der Waals surface area contributed by atoms with E-state index in [-0.39, 0.29) is 19.1 Å². The van der Waals surface area contributed by atoms with E-state index in [2.05, 4.69) is 10.5 Å². The molecular weight excluding hydrogens is 344 g/mol. The number of nitrogens with one attached hydrogen (secondary N) is 1. The van der Waals surface area contributed by atoms with Gasteiger partial charge in [-0.1, -0.05) is 36.4 Å². The third kappa shape index (κ3) is 3.55. The number of methoxy groups -OCH3 is 1. The van der Waals surface area contributed by atoms with E-state index in [0.29, 0.717) is 17.2 Å². The predicted octanol–water partition coefficient (Wildman–Crippen LogP) is 3.27. The first-order valence-corrected chi connectivity index (χ1v) is 8.51. The summed E-state index contributed by atoms with van der Waals surface area (Å²) in [6.07, 6.45) is 1.80. The molecule has 1 heterocycles. The highest BCUT2D eigenvalue weighted by atomic mass is 16.7. The molecule has 1 N–H and O–H groups in total. The first-order chi connectivity index (χ1) is 13.2. The van der Waals surface area contributed by atoms with Crippen molar-refractivity contribution in [1.82, 2.24) is 5.43 Å². The second-order valence-electron chi connectivity index (χ2n) is 6.06. The van der Waals surface area contributed by atoms with Crippen molar-refractivity contribution in [2.45, 2.75) is 6.42 Å². The van der Waals surface area contributed by atoms with Crippen LogP contribution in [0, 0.1) is 0 Å². The monoisotopic (exact) mass is 362 g/mol. The van der Waals surface area contributed by atoms with Gasteiger partial charge >= 0.3 is 0 Å². The van der Waals surface area contributed by atoms with E-state index in [1.807, 2.05) is 42.5 Å². The number of benzene rings is 3. The van der Waals surface area contributed by atoms with Crippen molar-refractivity contribution in [3.63, 3.8) is 0 Å². The number of hydrogen-bond donors (Lipinski definition) is 1. The SMILES string of the molecule is COc1ccc2ccccc2c1/C=N\NC(=O)Cc1ccc2c(c1)OCO2. The number of carbonyl (C=O) groups is 1. The van der Waals surface area contributed by atoms with Gasteiger partial charge in [0.1, 0.15) is 5.75 Å². The lowest BCUT2D eigenvalue weighted by Crippen LogP contribution is -2.19. The van der Waals surface area contributed by atoms with Gasteiger partial charge in [-0.05, 0) is 34.5 Å². The number of rotatable bonds is 5. The maximum Gasteiger partial charge on any atom is 0.244 e. The second kappa shape index (κ2) is 7.37. The van der Waals surface area contributed by atoms with E-state index in [1.54, 1.807) is 25.5 Å². The molecule has 0 saturated carbocycles. The predicted molar refractivity (Wildman–Crippen MR) is 103 cm³/mol. The molecule has 0 aromatic heterocycles. The smallest absolute Gasteiger partial charge is 0.244 e. The number of nitrogens with zero attached hydrogens (tertiary/aromatic N) is 1. The Morgan fingerprint density at radius 3 is 2.89 bits per heavy atom. The molecule has 0 atom stereocenters. The Balaban J connectivity index is 1.47. The summed E-state index contributed by atoms with van der Waals surface area (Å²) < 4.78 is 16.0. The molecule has 0 bridgehead atoms. The van der Waals surface area contributed by atoms with Gasteiger partial charge in [0, 0.05) is 5.56 Å². The van der Waals surface area contributed by atoms with Gasteiger partial charge in [-0.3, -0.25) is 4.79 Å². The molecule has 0 aliphatic carbocycles. The minimum atomic E-state index is -0.218. The van der Waals surface area contributed by atoms with Crippen molar-refractivity contribution in [3.05, 3.63) is 65.7 Å². The highest BCUT2D eigenvalue weighted by Crippen LogP contribution is 2.32. The Morgan fingerprint density at radius 2 is 2.00 bits per heavy atom. The quantitative estimate of drug-likeness (QED) is 0.559. The number of amides is 1. The topological polar surface area (TPSA) is 69.2 Å². The summed E-state index contributed by atoms with van der Waals surface area (Å²) in [5.41, 5.74) is 4.21. The van der Waals surface area contributed by atoms with E-state index in [0.717, 1.165) is 21.9 Å². The van der Waals surface area contributed by atoms with E-state index in [4.69, 9.17) is 14.2 Å². The van der Waals surface area contributed by atoms with E-state index < -0.39 is 0 Å². The summed E-state index contributed by atoms with van der Waals surface area (Å²) in [5, 5.41) is 6.19. The normalized spacial score (nSPS) is 12.5. The molecule has 0 radical (unpaired) electrons. The Labute approximate surface area is 156 Å². The molecule has 3 aromatic rings. The molecule has 6 heteroatoms. The summed E-state index contributed by atoms with van der Waals surface area (Å²) in [5.74, 6) is 1.83. The zero-order valence-corrected chi connectivity index (χ0v) is 14.8. The van der Waals surface area contributed by atoms with E-state index >= 15 is 0 Å². The Morgan fingerprint density at radius 1 is 1.15 bits per heavy atom. The van der Waals surface area contributed by atoms with E-state index in [9.17, 15) is 4.79 Å². The van der Waals surface area contributed by atoms with Crippen LogP contribution in [-0.2, 0) is 11.2 Å². The van der Waals surface area contributed by atoms with Crippen LogP contribution >= 0.6 is 0 Å². The van der Waals surface area contributed by atoms with Crippen molar-refractivity contribution in [3.8, 4) is 17.2 Å². The van der Waals surface area contributed by atoms with Gasteiger partial charge in [0.15, 0.2) is 11.5 Å². The van der Waals surface area contributed by atoms with Crippen LogP contribution in [0.3, 0.4) is 0 Å². The van der Waals surface area contributed by atoms with Crippen molar-refractivity contribution in [2.24, 2.45) is 5.10 Å². The fourth-order valence-corrected chi connectivity index (χ4v) is 3.03. The molecule has 4 rings (SSSR count). The first-order valence-electron chi connectivity index (χ1n) is 8.51. The van der Waals surface area contributed by atoms with Crippen LogP contribution in [0.2, 0.25) is 0 Å². The molecule has 1 aliphatic rings. The fraction of sp³-hybridized carbons (Fsp3) is 0.143. The fourth-order valence-electron chi connectivity index (χ4n) is 3.03. The van der Waals surface area contributed by atoms with Gasteiger partial charge in [-0.2, -0.15) is 5.10 Å². The minimum absolute atomic E-state index is 0.195. The van der Waals surface area contributed by atoms with Crippen LogP contribution in [0.1, 0.15) is 11.1 Å². The van der Waals surface area contributed by atoms with Gasteiger partial charge in [-0.15, -0.1) is 0 Å². The molecule has 3 aromatic carbocycles. The van der Waals surface area contributed by atoms with Crippen LogP contribution < -0.4 is 19.6 Å². The molecule has 0 unspecified atom stereocenters. The van der Waals surface area contributed by atoms with Crippen molar-refractivity contribution < 1.29 is 19.0 Å². The Hall–Kier alpha value is -3.54. The molecule has 136 valence electrons. The Kier molecular flexibility index (Phi) is 4.61. The standard InChI is InChI=1S/C21H18N2O4/c1-25-18-9-7-15-4-2-3-5-16(15)17(18)12-22-23-21(24)11-14-6-8-19-20(10-14)27-13-26-19/h2-10,12H,11,13H2,1H3,(H,23,24)/b22-12-. The van der Waals surface area contributed by atoms with Crippen molar-refractivity contribution in [2.75, 3.05) is 13.9 Å². The molecule has 6 nitrogen and oxygen atoms in total. The van der Waals surface area contributed by atoms with E-state index in [1.165, 1.54) is 0 Å². The third-order valence-corrected chi connectivity index (χ3v) is 4.34. The average molecular weight is 362 g/mol. The molecule has 1 aliphatic heterocycles. The number of hydrazone groups is 1. The summed E-state index contributed by atoms with van der Waals surface area (Å²) >= 11 is 0. The van der Waals surface area contributed by atoms with Crippen LogP contribution in [0.15, 0.2) is 59.7 Å². The molecule has 27 heavy (non-hydrogen) atoms. The van der Waals surface area contributed by atoms with Gasteiger partial charge in [0.25, 0.3) is 0 Å². The Bertz CT molecular complexity index is 1030. The number of hydrogen-bond acceptors (Lipinski definition) is 5. The average Bonchev–Trinajstić information content (AvgIpc) is 3.16. The summed E-state index contributed by atoms with van der Waals surface area (Å²) in [6, 6.07) is 17.3. The zero-order valence-electron chi connectivity index (χ0n) is 14.8. The van der Waals surface area contributed by atoms with Gasteiger partial charge in [-0.25, -0.2) is 5.43 Å². The minimum Gasteiger partial charge on any atom is -0.496 e. The first kappa shape index (κ1) is 16.9. The zero-order chi connectivity index (χ0) is 18.6. The van der Waals surface area contributed by atoms with Crippen LogP contribution in [0.4, 0.5) is 0 Å². The lowest BCUT2D eigenvalue weighted by atomic mass is 10.0. The molecule has 0 spiro atoms. The number of carbonyl (C=O) groups excluding carboxylic acids is 1. The maximum atomic E-state index is 12.2.